The predicted molar refractivity (Wildman–Crippen MR) is 51.0 cm³/mol. The summed E-state index contributed by atoms with van der Waals surface area (Å²) in [5, 5.41) is 8.97. The van der Waals surface area contributed by atoms with Gasteiger partial charge in [0.15, 0.2) is 0 Å². The van der Waals surface area contributed by atoms with Gasteiger partial charge in [0.05, 0.1) is 5.70 Å². The van der Waals surface area contributed by atoms with E-state index in [1.807, 2.05) is 0 Å². The summed E-state index contributed by atoms with van der Waals surface area (Å²) in [5.41, 5.74) is 4.66. The Labute approximate surface area is 76.9 Å². The van der Waals surface area contributed by atoms with Gasteiger partial charge >= 0.3 is 0 Å². The highest BCUT2D eigenvalue weighted by molar-refractivity contribution is 8.02. The summed E-state index contributed by atoms with van der Waals surface area (Å²) in [5.74, 6) is 0. The van der Waals surface area contributed by atoms with Crippen molar-refractivity contribution in [1.29, 1.82) is 0 Å². The minimum atomic E-state index is 0.980. The molecule has 0 atom stereocenters. The SMILES string of the molecule is CSC1=C2CNCCN2NN1C. The van der Waals surface area contributed by atoms with Crippen LogP contribution in [0.4, 0.5) is 0 Å². The van der Waals surface area contributed by atoms with Crippen LogP contribution in [0, 0.1) is 0 Å². The van der Waals surface area contributed by atoms with Crippen molar-refractivity contribution in [1.82, 2.24) is 20.9 Å². The number of fused-ring (bicyclic) bond motifs is 1. The molecular formula is C7H14N4S. The van der Waals surface area contributed by atoms with E-state index >= 15 is 0 Å². The molecule has 0 radical (unpaired) electrons. The molecule has 4 nitrogen and oxygen atoms in total. The van der Waals surface area contributed by atoms with Gasteiger partial charge in [-0.1, -0.05) is 0 Å². The molecule has 0 aliphatic carbocycles. The van der Waals surface area contributed by atoms with E-state index in [2.05, 4.69) is 34.2 Å². The van der Waals surface area contributed by atoms with Crippen LogP contribution in [-0.4, -0.2) is 43.0 Å². The van der Waals surface area contributed by atoms with Gasteiger partial charge in [-0.2, -0.15) is 0 Å². The monoisotopic (exact) mass is 186 g/mol. The van der Waals surface area contributed by atoms with E-state index in [1.165, 1.54) is 10.7 Å². The Bertz CT molecular complexity index is 215. The minimum Gasteiger partial charge on any atom is -0.309 e. The molecule has 0 bridgehead atoms. The first-order valence-corrected chi connectivity index (χ1v) is 5.31. The Balaban J connectivity index is 2.22. The molecule has 5 heteroatoms. The largest absolute Gasteiger partial charge is 0.309 e. The van der Waals surface area contributed by atoms with Crippen LogP contribution in [0.25, 0.3) is 0 Å². The van der Waals surface area contributed by atoms with Gasteiger partial charge in [-0.15, -0.1) is 17.3 Å². The zero-order chi connectivity index (χ0) is 8.55. The molecule has 0 unspecified atom stereocenters. The summed E-state index contributed by atoms with van der Waals surface area (Å²) in [4.78, 5) is 0. The molecule has 2 aliphatic rings. The molecule has 2 N–H and O–H groups in total. The van der Waals surface area contributed by atoms with Crippen molar-refractivity contribution < 1.29 is 0 Å². The lowest BCUT2D eigenvalue weighted by Crippen LogP contribution is -2.47. The number of hydrogen-bond donors (Lipinski definition) is 2. The molecule has 12 heavy (non-hydrogen) atoms. The molecular weight excluding hydrogens is 172 g/mol. The number of hydrazine groups is 2. The third kappa shape index (κ3) is 1.18. The molecule has 2 rings (SSSR count). The van der Waals surface area contributed by atoms with Gasteiger partial charge in [0.1, 0.15) is 5.03 Å². The Morgan fingerprint density at radius 1 is 1.50 bits per heavy atom. The van der Waals surface area contributed by atoms with Crippen LogP contribution in [0.15, 0.2) is 10.7 Å². The first kappa shape index (κ1) is 8.22. The summed E-state index contributed by atoms with van der Waals surface area (Å²) < 4.78 is 0. The molecule has 0 aromatic rings. The molecule has 0 aromatic heterocycles. The van der Waals surface area contributed by atoms with E-state index in [4.69, 9.17) is 0 Å². The molecule has 0 aromatic carbocycles. The summed E-state index contributed by atoms with van der Waals surface area (Å²) in [6.07, 6.45) is 2.11. The normalized spacial score (nSPS) is 23.5. The second kappa shape index (κ2) is 3.16. The van der Waals surface area contributed by atoms with Crippen molar-refractivity contribution >= 4 is 11.8 Å². The maximum atomic E-state index is 3.36. The molecule has 0 saturated carbocycles. The zero-order valence-corrected chi connectivity index (χ0v) is 8.24. The fourth-order valence-corrected chi connectivity index (χ4v) is 2.34. The third-order valence-electron chi connectivity index (χ3n) is 2.15. The zero-order valence-electron chi connectivity index (χ0n) is 7.42. The topological polar surface area (TPSA) is 30.5 Å². The lowest BCUT2D eigenvalue weighted by molar-refractivity contribution is 0.138. The fourth-order valence-electron chi connectivity index (χ4n) is 1.60. The van der Waals surface area contributed by atoms with Gasteiger partial charge in [-0.05, 0) is 6.26 Å². The van der Waals surface area contributed by atoms with Crippen molar-refractivity contribution in [2.45, 2.75) is 0 Å². The van der Waals surface area contributed by atoms with Crippen molar-refractivity contribution in [3.05, 3.63) is 10.7 Å². The van der Waals surface area contributed by atoms with Crippen molar-refractivity contribution in [2.24, 2.45) is 0 Å². The number of hydrogen-bond acceptors (Lipinski definition) is 5. The van der Waals surface area contributed by atoms with Crippen molar-refractivity contribution in [3.63, 3.8) is 0 Å². The molecule has 0 spiro atoms. The average molecular weight is 186 g/mol. The van der Waals surface area contributed by atoms with Crippen LogP contribution in [0.5, 0.6) is 0 Å². The van der Waals surface area contributed by atoms with Crippen LogP contribution in [0.3, 0.4) is 0 Å². The first-order chi connectivity index (χ1) is 5.83. The maximum Gasteiger partial charge on any atom is 0.108 e. The predicted octanol–water partition coefficient (Wildman–Crippen LogP) is -0.211. The van der Waals surface area contributed by atoms with Crippen molar-refractivity contribution in [3.8, 4) is 0 Å². The number of nitrogens with zero attached hydrogens (tertiary/aromatic N) is 2. The van der Waals surface area contributed by atoms with E-state index in [0.717, 1.165) is 19.6 Å². The number of piperazine rings is 1. The quantitative estimate of drug-likeness (QED) is 0.592. The van der Waals surface area contributed by atoms with Gasteiger partial charge in [-0.25, -0.2) is 0 Å². The highest BCUT2D eigenvalue weighted by atomic mass is 32.2. The van der Waals surface area contributed by atoms with E-state index < -0.39 is 0 Å². The average Bonchev–Trinajstić information content (AvgIpc) is 2.40. The molecule has 1 fully saturated rings. The Morgan fingerprint density at radius 3 is 3.08 bits per heavy atom. The van der Waals surface area contributed by atoms with Crippen molar-refractivity contribution in [2.75, 3.05) is 32.9 Å². The molecule has 68 valence electrons. The molecule has 1 saturated heterocycles. The molecule has 2 aliphatic heterocycles. The van der Waals surface area contributed by atoms with Crippen LogP contribution in [0.1, 0.15) is 0 Å². The van der Waals surface area contributed by atoms with E-state index in [-0.39, 0.29) is 0 Å². The van der Waals surface area contributed by atoms with Crippen LogP contribution >= 0.6 is 11.8 Å². The van der Waals surface area contributed by atoms with Gasteiger partial charge in [0.25, 0.3) is 0 Å². The Kier molecular flexibility index (Phi) is 2.16. The first-order valence-electron chi connectivity index (χ1n) is 4.08. The van der Waals surface area contributed by atoms with Gasteiger partial charge in [0.2, 0.25) is 0 Å². The van der Waals surface area contributed by atoms with Gasteiger partial charge in [0, 0.05) is 26.7 Å². The number of nitrogens with one attached hydrogen (secondary N) is 2. The Morgan fingerprint density at radius 2 is 2.33 bits per heavy atom. The van der Waals surface area contributed by atoms with Gasteiger partial charge in [-0.3, -0.25) is 10.0 Å². The Hall–Kier alpha value is -0.390. The smallest absolute Gasteiger partial charge is 0.108 e. The lowest BCUT2D eigenvalue weighted by atomic mass is 10.3. The van der Waals surface area contributed by atoms with E-state index in [0.29, 0.717) is 0 Å². The highest BCUT2D eigenvalue weighted by Crippen LogP contribution is 2.26. The van der Waals surface area contributed by atoms with Crippen LogP contribution in [-0.2, 0) is 0 Å². The highest BCUT2D eigenvalue weighted by Gasteiger charge is 2.27. The second-order valence-corrected chi connectivity index (χ2v) is 3.74. The van der Waals surface area contributed by atoms with E-state index in [1.54, 1.807) is 11.8 Å². The summed E-state index contributed by atoms with van der Waals surface area (Å²) in [6.45, 7) is 3.09. The minimum absolute atomic E-state index is 0.980. The summed E-state index contributed by atoms with van der Waals surface area (Å²) in [6, 6.07) is 0. The molecule has 0 amide bonds. The lowest BCUT2D eigenvalue weighted by Gasteiger charge is -2.26. The maximum absolute atomic E-state index is 3.36. The van der Waals surface area contributed by atoms with Crippen LogP contribution in [0.2, 0.25) is 0 Å². The number of rotatable bonds is 1. The summed E-state index contributed by atoms with van der Waals surface area (Å²) >= 11 is 1.79. The fraction of sp³-hybridized carbons (Fsp3) is 0.714. The third-order valence-corrected chi connectivity index (χ3v) is 3.04. The molecule has 2 heterocycles. The second-order valence-electron chi connectivity index (χ2n) is 2.94. The van der Waals surface area contributed by atoms with Crippen LogP contribution < -0.4 is 10.9 Å². The van der Waals surface area contributed by atoms with Gasteiger partial charge < -0.3 is 5.32 Å². The standard InChI is InChI=1S/C7H14N4S/c1-10-7(12-2)6-5-8-3-4-11(6)9-10/h8-9H,3-5H2,1-2H3. The summed E-state index contributed by atoms with van der Waals surface area (Å²) in [7, 11) is 2.05. The number of thioether (sulfide) groups is 1. The van der Waals surface area contributed by atoms with E-state index in [9.17, 15) is 0 Å².